The van der Waals surface area contributed by atoms with E-state index in [1.54, 1.807) is 11.3 Å². The Morgan fingerprint density at radius 1 is 1.42 bits per heavy atom. The molecule has 19 heavy (non-hydrogen) atoms. The molecule has 1 aliphatic rings. The van der Waals surface area contributed by atoms with Gasteiger partial charge in [0, 0.05) is 12.6 Å². The van der Waals surface area contributed by atoms with Crippen LogP contribution in [0.25, 0.3) is 0 Å². The monoisotopic (exact) mass is 281 g/mol. The van der Waals surface area contributed by atoms with E-state index in [0.29, 0.717) is 6.04 Å². The third-order valence-corrected chi connectivity index (χ3v) is 4.75. The van der Waals surface area contributed by atoms with Crippen molar-refractivity contribution in [1.82, 2.24) is 9.80 Å². The molecule has 0 saturated carbocycles. The lowest BCUT2D eigenvalue weighted by Gasteiger charge is -2.39. The SMILES string of the molecule is CC(N)C(c1ccsc1)N1CCC(CN(C)C)CC1. The van der Waals surface area contributed by atoms with Crippen LogP contribution in [0.4, 0.5) is 0 Å². The van der Waals surface area contributed by atoms with Gasteiger partial charge >= 0.3 is 0 Å². The zero-order chi connectivity index (χ0) is 13.8. The number of hydrogen-bond acceptors (Lipinski definition) is 4. The minimum absolute atomic E-state index is 0.194. The summed E-state index contributed by atoms with van der Waals surface area (Å²) in [6.07, 6.45) is 2.59. The van der Waals surface area contributed by atoms with E-state index in [9.17, 15) is 0 Å². The summed E-state index contributed by atoms with van der Waals surface area (Å²) in [4.78, 5) is 4.89. The Morgan fingerprint density at radius 2 is 2.11 bits per heavy atom. The van der Waals surface area contributed by atoms with Crippen LogP contribution in [0.3, 0.4) is 0 Å². The molecule has 2 unspecified atom stereocenters. The Labute approximate surface area is 121 Å². The van der Waals surface area contributed by atoms with Crippen molar-refractivity contribution in [1.29, 1.82) is 0 Å². The molecule has 0 radical (unpaired) electrons. The smallest absolute Gasteiger partial charge is 0.0504 e. The van der Waals surface area contributed by atoms with Crippen LogP contribution in [-0.4, -0.2) is 49.6 Å². The fraction of sp³-hybridized carbons (Fsp3) is 0.733. The summed E-state index contributed by atoms with van der Waals surface area (Å²) >= 11 is 1.77. The molecule has 2 heterocycles. The zero-order valence-corrected chi connectivity index (χ0v) is 13.2. The van der Waals surface area contributed by atoms with Gasteiger partial charge < -0.3 is 10.6 Å². The van der Waals surface area contributed by atoms with Crippen molar-refractivity contribution in [2.24, 2.45) is 11.7 Å². The molecule has 2 atom stereocenters. The van der Waals surface area contributed by atoms with Crippen molar-refractivity contribution >= 4 is 11.3 Å². The van der Waals surface area contributed by atoms with Gasteiger partial charge in [0.2, 0.25) is 0 Å². The zero-order valence-electron chi connectivity index (χ0n) is 12.4. The van der Waals surface area contributed by atoms with Crippen molar-refractivity contribution in [3.63, 3.8) is 0 Å². The highest BCUT2D eigenvalue weighted by Crippen LogP contribution is 2.30. The van der Waals surface area contributed by atoms with E-state index in [1.165, 1.54) is 38.0 Å². The van der Waals surface area contributed by atoms with Crippen molar-refractivity contribution in [2.75, 3.05) is 33.7 Å². The number of thiophene rings is 1. The second-order valence-corrected chi connectivity index (χ2v) is 6.88. The van der Waals surface area contributed by atoms with Crippen LogP contribution in [0.1, 0.15) is 31.4 Å². The number of nitrogens with zero attached hydrogens (tertiary/aromatic N) is 2. The highest BCUT2D eigenvalue weighted by atomic mass is 32.1. The van der Waals surface area contributed by atoms with Crippen LogP contribution in [0.2, 0.25) is 0 Å². The van der Waals surface area contributed by atoms with E-state index in [4.69, 9.17) is 5.73 Å². The second kappa shape index (κ2) is 6.84. The molecule has 1 aromatic rings. The number of likely N-dealkylation sites (tertiary alicyclic amines) is 1. The highest BCUT2D eigenvalue weighted by Gasteiger charge is 2.28. The Hall–Kier alpha value is -0.420. The summed E-state index contributed by atoms with van der Waals surface area (Å²) in [6.45, 7) is 5.71. The molecule has 1 saturated heterocycles. The standard InChI is InChI=1S/C15H27N3S/c1-12(16)15(14-6-9-19-11-14)18-7-4-13(5-8-18)10-17(2)3/h6,9,11-13,15H,4-5,7-8,10,16H2,1-3H3. The summed E-state index contributed by atoms with van der Waals surface area (Å²) in [7, 11) is 4.34. The van der Waals surface area contributed by atoms with E-state index in [-0.39, 0.29) is 6.04 Å². The minimum Gasteiger partial charge on any atom is -0.326 e. The summed E-state index contributed by atoms with van der Waals surface area (Å²) < 4.78 is 0. The molecule has 0 bridgehead atoms. The molecule has 3 nitrogen and oxygen atoms in total. The molecule has 0 aliphatic carbocycles. The average molecular weight is 281 g/mol. The van der Waals surface area contributed by atoms with Gasteiger partial charge in [-0.1, -0.05) is 0 Å². The number of hydrogen-bond donors (Lipinski definition) is 1. The quantitative estimate of drug-likeness (QED) is 0.899. The van der Waals surface area contributed by atoms with Crippen LogP contribution in [0.5, 0.6) is 0 Å². The number of nitrogens with two attached hydrogens (primary N) is 1. The van der Waals surface area contributed by atoms with Gasteiger partial charge in [0.25, 0.3) is 0 Å². The van der Waals surface area contributed by atoms with Gasteiger partial charge in [0.05, 0.1) is 6.04 Å². The largest absolute Gasteiger partial charge is 0.326 e. The summed E-state index contributed by atoms with van der Waals surface area (Å²) in [5.74, 6) is 0.849. The Kier molecular flexibility index (Phi) is 5.39. The van der Waals surface area contributed by atoms with Gasteiger partial charge in [0.15, 0.2) is 0 Å². The first-order valence-electron chi connectivity index (χ1n) is 7.24. The minimum atomic E-state index is 0.194. The second-order valence-electron chi connectivity index (χ2n) is 6.10. The van der Waals surface area contributed by atoms with Gasteiger partial charge in [0.1, 0.15) is 0 Å². The van der Waals surface area contributed by atoms with E-state index in [0.717, 1.165) is 5.92 Å². The Bertz CT molecular complexity index is 353. The van der Waals surface area contributed by atoms with Crippen LogP contribution in [0, 0.1) is 5.92 Å². The van der Waals surface area contributed by atoms with E-state index < -0.39 is 0 Å². The van der Waals surface area contributed by atoms with Crippen molar-refractivity contribution in [3.05, 3.63) is 22.4 Å². The first kappa shape index (κ1) is 15.0. The lowest BCUT2D eigenvalue weighted by atomic mass is 9.92. The van der Waals surface area contributed by atoms with Crippen molar-refractivity contribution < 1.29 is 0 Å². The molecule has 4 heteroatoms. The van der Waals surface area contributed by atoms with Gasteiger partial charge in [-0.15, -0.1) is 0 Å². The van der Waals surface area contributed by atoms with Crippen molar-refractivity contribution in [3.8, 4) is 0 Å². The lowest BCUT2D eigenvalue weighted by molar-refractivity contribution is 0.108. The van der Waals surface area contributed by atoms with E-state index >= 15 is 0 Å². The first-order chi connectivity index (χ1) is 9.08. The van der Waals surface area contributed by atoms with E-state index in [1.807, 2.05) is 0 Å². The molecule has 1 aromatic heterocycles. The fourth-order valence-electron chi connectivity index (χ4n) is 3.22. The topological polar surface area (TPSA) is 32.5 Å². The normalized spacial score (nSPS) is 21.7. The molecular weight excluding hydrogens is 254 g/mol. The van der Waals surface area contributed by atoms with Crippen LogP contribution in [0.15, 0.2) is 16.8 Å². The molecule has 108 valence electrons. The highest BCUT2D eigenvalue weighted by molar-refractivity contribution is 7.07. The summed E-state index contributed by atoms with van der Waals surface area (Å²) in [6, 6.07) is 2.82. The molecule has 0 amide bonds. The van der Waals surface area contributed by atoms with Crippen molar-refractivity contribution in [2.45, 2.75) is 31.8 Å². The maximum Gasteiger partial charge on any atom is 0.0504 e. The fourth-order valence-corrected chi connectivity index (χ4v) is 3.91. The lowest BCUT2D eigenvalue weighted by Crippen LogP contribution is -2.44. The maximum atomic E-state index is 6.23. The van der Waals surface area contributed by atoms with E-state index in [2.05, 4.69) is 47.6 Å². The Balaban J connectivity index is 1.95. The summed E-state index contributed by atoms with van der Waals surface area (Å²) in [5.41, 5.74) is 7.62. The van der Waals surface area contributed by atoms with Crippen LogP contribution >= 0.6 is 11.3 Å². The van der Waals surface area contributed by atoms with Gasteiger partial charge in [-0.05, 0) is 75.3 Å². The van der Waals surface area contributed by atoms with Gasteiger partial charge in [-0.2, -0.15) is 11.3 Å². The molecule has 2 rings (SSSR count). The molecule has 1 fully saturated rings. The molecule has 0 aromatic carbocycles. The average Bonchev–Trinajstić information content (AvgIpc) is 2.84. The summed E-state index contributed by atoms with van der Waals surface area (Å²) in [5, 5.41) is 4.41. The molecule has 2 N–H and O–H groups in total. The first-order valence-corrected chi connectivity index (χ1v) is 8.18. The van der Waals surface area contributed by atoms with Gasteiger partial charge in [-0.3, -0.25) is 4.90 Å². The van der Waals surface area contributed by atoms with Gasteiger partial charge in [-0.25, -0.2) is 0 Å². The van der Waals surface area contributed by atoms with Crippen LogP contribution in [-0.2, 0) is 0 Å². The third-order valence-electron chi connectivity index (χ3n) is 4.05. The molecule has 1 aliphatic heterocycles. The molecular formula is C15H27N3S. The Morgan fingerprint density at radius 3 is 2.58 bits per heavy atom. The predicted molar refractivity (Wildman–Crippen MR) is 83.6 cm³/mol. The predicted octanol–water partition coefficient (Wildman–Crippen LogP) is 2.41. The third kappa shape index (κ3) is 4.02. The number of piperidine rings is 1. The maximum absolute atomic E-state index is 6.23. The number of rotatable bonds is 5. The molecule has 0 spiro atoms. The van der Waals surface area contributed by atoms with Crippen LogP contribution < -0.4 is 5.73 Å².